The standard InChI is InChI=1S/C23H18ClN3O/c1-16-22(17-11-13-19(24)14-12-17)23(25-15-18-7-5-6-10-21(18)28)27(26-16)20-8-3-2-4-9-20/h2-15,28H,1H3/b25-15+. The zero-order chi connectivity index (χ0) is 19.5. The second-order valence-electron chi connectivity index (χ2n) is 6.36. The van der Waals surface area contributed by atoms with E-state index < -0.39 is 0 Å². The van der Waals surface area contributed by atoms with Crippen molar-refractivity contribution in [2.75, 3.05) is 0 Å². The number of aliphatic imine (C=N–C) groups is 1. The van der Waals surface area contributed by atoms with Crippen LogP contribution >= 0.6 is 11.6 Å². The fourth-order valence-electron chi connectivity index (χ4n) is 3.07. The molecule has 0 amide bonds. The fraction of sp³-hybridized carbons (Fsp3) is 0.0435. The van der Waals surface area contributed by atoms with E-state index in [2.05, 4.69) is 0 Å². The lowest BCUT2D eigenvalue weighted by Gasteiger charge is -2.06. The minimum atomic E-state index is 0.182. The first-order valence-corrected chi connectivity index (χ1v) is 9.24. The first kappa shape index (κ1) is 18.0. The van der Waals surface area contributed by atoms with Crippen molar-refractivity contribution in [1.82, 2.24) is 9.78 Å². The molecule has 28 heavy (non-hydrogen) atoms. The highest BCUT2D eigenvalue weighted by Crippen LogP contribution is 2.36. The molecule has 0 saturated carbocycles. The van der Waals surface area contributed by atoms with E-state index in [1.54, 1.807) is 18.3 Å². The molecule has 1 heterocycles. The van der Waals surface area contributed by atoms with Gasteiger partial charge in [0.25, 0.3) is 0 Å². The summed E-state index contributed by atoms with van der Waals surface area (Å²) in [7, 11) is 0. The highest BCUT2D eigenvalue weighted by atomic mass is 35.5. The minimum Gasteiger partial charge on any atom is -0.507 e. The van der Waals surface area contributed by atoms with E-state index >= 15 is 0 Å². The molecule has 1 aromatic heterocycles. The number of aromatic nitrogens is 2. The number of hydrogen-bond acceptors (Lipinski definition) is 3. The van der Waals surface area contributed by atoms with E-state index in [0.29, 0.717) is 16.4 Å². The van der Waals surface area contributed by atoms with Crippen molar-refractivity contribution in [3.05, 3.63) is 95.1 Å². The Labute approximate surface area is 168 Å². The Morgan fingerprint density at radius 1 is 0.929 bits per heavy atom. The molecule has 0 atom stereocenters. The maximum Gasteiger partial charge on any atom is 0.163 e. The molecule has 0 aliphatic rings. The maximum atomic E-state index is 10.1. The van der Waals surface area contributed by atoms with Crippen molar-refractivity contribution >= 4 is 23.6 Å². The number of para-hydroxylation sites is 2. The molecule has 0 unspecified atom stereocenters. The summed E-state index contributed by atoms with van der Waals surface area (Å²) in [6.07, 6.45) is 1.66. The average molecular weight is 388 g/mol. The van der Waals surface area contributed by atoms with Crippen molar-refractivity contribution in [3.63, 3.8) is 0 Å². The van der Waals surface area contributed by atoms with Crippen molar-refractivity contribution in [1.29, 1.82) is 0 Å². The van der Waals surface area contributed by atoms with Crippen LogP contribution in [0.5, 0.6) is 5.75 Å². The van der Waals surface area contributed by atoms with E-state index in [1.165, 1.54) is 0 Å². The number of phenolic OH excluding ortho intramolecular Hbond substituents is 1. The number of halogens is 1. The summed E-state index contributed by atoms with van der Waals surface area (Å²) in [6, 6.07) is 24.6. The van der Waals surface area contributed by atoms with Gasteiger partial charge in [-0.2, -0.15) is 5.10 Å². The fourth-order valence-corrected chi connectivity index (χ4v) is 3.19. The van der Waals surface area contributed by atoms with E-state index in [-0.39, 0.29) is 5.75 Å². The van der Waals surface area contributed by atoms with Gasteiger partial charge in [0, 0.05) is 22.4 Å². The van der Waals surface area contributed by atoms with Gasteiger partial charge in [0.2, 0.25) is 0 Å². The van der Waals surface area contributed by atoms with Gasteiger partial charge in [0.15, 0.2) is 5.82 Å². The molecule has 4 aromatic rings. The highest BCUT2D eigenvalue weighted by molar-refractivity contribution is 6.30. The van der Waals surface area contributed by atoms with E-state index in [0.717, 1.165) is 22.5 Å². The summed E-state index contributed by atoms with van der Waals surface area (Å²) in [5.41, 5.74) is 4.31. The molecule has 0 aliphatic carbocycles. The van der Waals surface area contributed by atoms with Gasteiger partial charge in [-0.05, 0) is 48.9 Å². The Morgan fingerprint density at radius 2 is 1.61 bits per heavy atom. The Morgan fingerprint density at radius 3 is 2.32 bits per heavy atom. The van der Waals surface area contributed by atoms with Crippen LogP contribution < -0.4 is 0 Å². The van der Waals surface area contributed by atoms with Crippen LogP contribution in [0.4, 0.5) is 5.82 Å². The molecule has 0 fully saturated rings. The normalized spacial score (nSPS) is 11.2. The Kier molecular flexibility index (Phi) is 4.96. The molecule has 5 heteroatoms. The molecular weight excluding hydrogens is 370 g/mol. The van der Waals surface area contributed by atoms with Gasteiger partial charge < -0.3 is 5.11 Å². The number of phenols is 1. The van der Waals surface area contributed by atoms with Crippen molar-refractivity contribution < 1.29 is 5.11 Å². The lowest BCUT2D eigenvalue weighted by atomic mass is 10.1. The van der Waals surface area contributed by atoms with Crippen molar-refractivity contribution in [2.45, 2.75) is 6.92 Å². The molecule has 4 rings (SSSR count). The summed E-state index contributed by atoms with van der Waals surface area (Å²) < 4.78 is 1.82. The topological polar surface area (TPSA) is 50.4 Å². The van der Waals surface area contributed by atoms with Crippen LogP contribution in [0.2, 0.25) is 5.02 Å². The molecular formula is C23H18ClN3O. The predicted molar refractivity (Wildman–Crippen MR) is 114 cm³/mol. The van der Waals surface area contributed by atoms with E-state index in [4.69, 9.17) is 21.7 Å². The van der Waals surface area contributed by atoms with Crippen molar-refractivity contribution in [2.24, 2.45) is 4.99 Å². The summed E-state index contributed by atoms with van der Waals surface area (Å²) >= 11 is 6.06. The first-order chi connectivity index (χ1) is 13.6. The Bertz CT molecular complexity index is 1130. The quantitative estimate of drug-likeness (QED) is 0.439. The van der Waals surface area contributed by atoms with Gasteiger partial charge in [0.1, 0.15) is 5.75 Å². The van der Waals surface area contributed by atoms with Crippen LogP contribution in [0.25, 0.3) is 16.8 Å². The number of aromatic hydroxyl groups is 1. The van der Waals surface area contributed by atoms with Gasteiger partial charge in [-0.15, -0.1) is 0 Å². The van der Waals surface area contributed by atoms with Gasteiger partial charge in [-0.3, -0.25) is 0 Å². The van der Waals surface area contributed by atoms with Gasteiger partial charge >= 0.3 is 0 Å². The number of aryl methyl sites for hydroxylation is 1. The molecule has 138 valence electrons. The molecule has 0 saturated heterocycles. The lowest BCUT2D eigenvalue weighted by Crippen LogP contribution is -1.96. The second-order valence-corrected chi connectivity index (χ2v) is 6.79. The smallest absolute Gasteiger partial charge is 0.163 e. The van der Waals surface area contributed by atoms with Crippen LogP contribution in [0.1, 0.15) is 11.3 Å². The number of rotatable bonds is 4. The van der Waals surface area contributed by atoms with Crippen LogP contribution in [-0.4, -0.2) is 21.1 Å². The second kappa shape index (κ2) is 7.71. The number of nitrogens with zero attached hydrogens (tertiary/aromatic N) is 3. The van der Waals surface area contributed by atoms with Crippen LogP contribution in [0, 0.1) is 6.92 Å². The van der Waals surface area contributed by atoms with Crippen LogP contribution in [0.3, 0.4) is 0 Å². The van der Waals surface area contributed by atoms with E-state index in [1.807, 2.05) is 78.3 Å². The molecule has 0 bridgehead atoms. The van der Waals surface area contributed by atoms with E-state index in [9.17, 15) is 5.11 Å². The monoisotopic (exact) mass is 387 g/mol. The summed E-state index contributed by atoms with van der Waals surface area (Å²) in [4.78, 5) is 4.72. The summed E-state index contributed by atoms with van der Waals surface area (Å²) in [5, 5.41) is 15.5. The van der Waals surface area contributed by atoms with Gasteiger partial charge in [0.05, 0.1) is 11.4 Å². The third-order valence-corrected chi connectivity index (χ3v) is 4.68. The number of benzene rings is 3. The Hall–Kier alpha value is -3.37. The maximum absolute atomic E-state index is 10.1. The predicted octanol–water partition coefficient (Wildman–Crippen LogP) is 5.96. The highest BCUT2D eigenvalue weighted by Gasteiger charge is 2.17. The number of hydrogen-bond donors (Lipinski definition) is 1. The average Bonchev–Trinajstić information content (AvgIpc) is 3.05. The molecule has 3 aromatic carbocycles. The first-order valence-electron chi connectivity index (χ1n) is 8.86. The lowest BCUT2D eigenvalue weighted by molar-refractivity contribution is 0.474. The third-order valence-electron chi connectivity index (χ3n) is 4.43. The molecule has 0 spiro atoms. The van der Waals surface area contributed by atoms with Gasteiger partial charge in [-0.25, -0.2) is 9.67 Å². The Balaban J connectivity index is 1.90. The molecule has 0 radical (unpaired) electrons. The zero-order valence-electron chi connectivity index (χ0n) is 15.2. The zero-order valence-corrected chi connectivity index (χ0v) is 16.0. The largest absolute Gasteiger partial charge is 0.507 e. The third kappa shape index (κ3) is 3.55. The summed E-state index contributed by atoms with van der Waals surface area (Å²) in [6.45, 7) is 1.96. The molecule has 0 aliphatic heterocycles. The minimum absolute atomic E-state index is 0.182. The van der Waals surface area contributed by atoms with Crippen LogP contribution in [0.15, 0.2) is 83.9 Å². The summed E-state index contributed by atoms with van der Waals surface area (Å²) in [5.74, 6) is 0.871. The van der Waals surface area contributed by atoms with Crippen molar-refractivity contribution in [3.8, 4) is 22.6 Å². The molecule has 4 nitrogen and oxygen atoms in total. The molecule has 1 N–H and O–H groups in total. The SMILES string of the molecule is Cc1nn(-c2ccccc2)c(/N=C/c2ccccc2O)c1-c1ccc(Cl)cc1. The van der Waals surface area contributed by atoms with Crippen LogP contribution in [-0.2, 0) is 0 Å². The van der Waals surface area contributed by atoms with Gasteiger partial charge in [-0.1, -0.05) is 54.1 Å².